The van der Waals surface area contributed by atoms with Crippen LogP contribution in [0.4, 0.5) is 15.8 Å². The van der Waals surface area contributed by atoms with Crippen molar-refractivity contribution in [2.45, 2.75) is 31.7 Å². The quantitative estimate of drug-likeness (QED) is 0.678. The Morgan fingerprint density at radius 3 is 2.70 bits per heavy atom. The summed E-state index contributed by atoms with van der Waals surface area (Å²) in [5.41, 5.74) is -0.566. The monoisotopic (exact) mass is 321 g/mol. The molecule has 1 atom stereocenters. The summed E-state index contributed by atoms with van der Waals surface area (Å²) in [5.74, 6) is -1.22. The lowest BCUT2D eigenvalue weighted by atomic mass is 10.2. The molecule has 3 rings (SSSR count). The number of anilines is 1. The molecule has 2 amide bonds. The Labute approximate surface area is 131 Å². The van der Waals surface area contributed by atoms with Gasteiger partial charge in [0.25, 0.3) is 5.69 Å². The highest BCUT2D eigenvalue weighted by atomic mass is 19.1. The van der Waals surface area contributed by atoms with Crippen LogP contribution in [-0.4, -0.2) is 34.2 Å². The van der Waals surface area contributed by atoms with Crippen LogP contribution in [0.3, 0.4) is 0 Å². The molecule has 1 aliphatic heterocycles. The van der Waals surface area contributed by atoms with Crippen LogP contribution in [0.5, 0.6) is 0 Å². The molecule has 0 radical (unpaired) electrons. The summed E-state index contributed by atoms with van der Waals surface area (Å²) in [6, 6.07) is 2.35. The minimum absolute atomic E-state index is 0.0172. The van der Waals surface area contributed by atoms with Crippen LogP contribution in [0.2, 0.25) is 0 Å². The number of carbonyl (C=O) groups excluding carboxylic acids is 2. The molecule has 1 heterocycles. The van der Waals surface area contributed by atoms with Crippen molar-refractivity contribution >= 4 is 23.2 Å². The second kappa shape index (κ2) is 5.94. The molecule has 7 nitrogen and oxygen atoms in total. The van der Waals surface area contributed by atoms with Crippen molar-refractivity contribution in [2.24, 2.45) is 5.92 Å². The molecule has 1 N–H and O–H groups in total. The largest absolute Gasteiger partial charge is 0.330 e. The second-order valence-electron chi connectivity index (χ2n) is 5.87. The smallest absolute Gasteiger partial charge is 0.295 e. The van der Waals surface area contributed by atoms with Crippen molar-refractivity contribution < 1.29 is 18.9 Å². The molecule has 1 unspecified atom stereocenters. The SMILES string of the molecule is O=C(Nc1ccc(F)cc1[N+](=O)[O-])C1CCCN1C(=O)C1CC1. The number of hydrogen-bond acceptors (Lipinski definition) is 4. The molecule has 1 saturated heterocycles. The third-order valence-electron chi connectivity index (χ3n) is 4.18. The van der Waals surface area contributed by atoms with Crippen molar-refractivity contribution in [2.75, 3.05) is 11.9 Å². The summed E-state index contributed by atoms with van der Waals surface area (Å²) < 4.78 is 13.1. The zero-order chi connectivity index (χ0) is 16.6. The molecule has 0 bridgehead atoms. The standard InChI is InChI=1S/C15H16FN3O4/c16-10-5-6-11(13(8-10)19(22)23)17-14(20)12-2-1-7-18(12)15(21)9-3-4-9/h5-6,8-9,12H,1-4,7H2,(H,17,20). The molecule has 1 aliphatic carbocycles. The van der Waals surface area contributed by atoms with E-state index < -0.39 is 28.4 Å². The van der Waals surface area contributed by atoms with Gasteiger partial charge in [-0.05, 0) is 37.8 Å². The predicted octanol–water partition coefficient (Wildman–Crippen LogP) is 2.07. The molecule has 122 valence electrons. The number of amides is 2. The van der Waals surface area contributed by atoms with E-state index in [9.17, 15) is 24.1 Å². The van der Waals surface area contributed by atoms with Gasteiger partial charge in [0.05, 0.1) is 11.0 Å². The average Bonchev–Trinajstić information content (AvgIpc) is 3.24. The number of nitrogens with one attached hydrogen (secondary N) is 1. The highest BCUT2D eigenvalue weighted by Gasteiger charge is 2.41. The fraction of sp³-hybridized carbons (Fsp3) is 0.467. The Kier molecular flexibility index (Phi) is 3.97. The van der Waals surface area contributed by atoms with Gasteiger partial charge in [0, 0.05) is 12.5 Å². The van der Waals surface area contributed by atoms with E-state index in [1.165, 1.54) is 0 Å². The molecule has 1 aromatic rings. The van der Waals surface area contributed by atoms with E-state index in [1.807, 2.05) is 0 Å². The third kappa shape index (κ3) is 3.15. The first kappa shape index (κ1) is 15.4. The lowest BCUT2D eigenvalue weighted by Gasteiger charge is -2.23. The summed E-state index contributed by atoms with van der Waals surface area (Å²) in [6.07, 6.45) is 2.96. The van der Waals surface area contributed by atoms with Gasteiger partial charge in [-0.25, -0.2) is 4.39 Å². The van der Waals surface area contributed by atoms with Gasteiger partial charge < -0.3 is 10.2 Å². The van der Waals surface area contributed by atoms with Crippen molar-refractivity contribution in [3.63, 3.8) is 0 Å². The molecular formula is C15H16FN3O4. The maximum atomic E-state index is 13.1. The van der Waals surface area contributed by atoms with Crippen LogP contribution >= 0.6 is 0 Å². The number of nitro benzene ring substituents is 1. The number of carbonyl (C=O) groups is 2. The van der Waals surface area contributed by atoms with Crippen molar-refractivity contribution in [1.82, 2.24) is 4.90 Å². The van der Waals surface area contributed by atoms with Crippen molar-refractivity contribution in [3.8, 4) is 0 Å². The van der Waals surface area contributed by atoms with Gasteiger partial charge in [0.1, 0.15) is 17.5 Å². The lowest BCUT2D eigenvalue weighted by Crippen LogP contribution is -2.43. The van der Waals surface area contributed by atoms with Crippen LogP contribution in [0, 0.1) is 21.8 Å². The Balaban J connectivity index is 1.76. The summed E-state index contributed by atoms with van der Waals surface area (Å²) in [7, 11) is 0. The van der Waals surface area contributed by atoms with Crippen LogP contribution in [0.15, 0.2) is 18.2 Å². The molecule has 8 heteroatoms. The Morgan fingerprint density at radius 2 is 2.04 bits per heavy atom. The summed E-state index contributed by atoms with van der Waals surface area (Å²) in [5, 5.41) is 13.4. The van der Waals surface area contributed by atoms with Gasteiger partial charge >= 0.3 is 0 Å². The Bertz CT molecular complexity index is 675. The molecular weight excluding hydrogens is 305 g/mol. The van der Waals surface area contributed by atoms with E-state index in [4.69, 9.17) is 0 Å². The van der Waals surface area contributed by atoms with Gasteiger partial charge in [0.2, 0.25) is 11.8 Å². The zero-order valence-electron chi connectivity index (χ0n) is 12.3. The average molecular weight is 321 g/mol. The van der Waals surface area contributed by atoms with Gasteiger partial charge in [-0.3, -0.25) is 19.7 Å². The van der Waals surface area contributed by atoms with Crippen molar-refractivity contribution in [3.05, 3.63) is 34.1 Å². The molecule has 2 aliphatic rings. The van der Waals surface area contributed by atoms with E-state index in [2.05, 4.69) is 5.32 Å². The van der Waals surface area contributed by atoms with Gasteiger partial charge in [-0.15, -0.1) is 0 Å². The molecule has 1 aromatic carbocycles. The molecule has 23 heavy (non-hydrogen) atoms. The van der Waals surface area contributed by atoms with Gasteiger partial charge in [-0.2, -0.15) is 0 Å². The number of benzene rings is 1. The number of halogens is 1. The fourth-order valence-corrected chi connectivity index (χ4v) is 2.85. The highest BCUT2D eigenvalue weighted by Crippen LogP contribution is 2.34. The summed E-state index contributed by atoms with van der Waals surface area (Å²) in [4.78, 5) is 36.4. The van der Waals surface area contributed by atoms with E-state index in [-0.39, 0.29) is 17.5 Å². The number of rotatable bonds is 4. The van der Waals surface area contributed by atoms with Crippen LogP contribution < -0.4 is 5.32 Å². The first-order chi connectivity index (χ1) is 11.0. The summed E-state index contributed by atoms with van der Waals surface area (Å²) >= 11 is 0. The van der Waals surface area contributed by atoms with E-state index in [1.54, 1.807) is 4.90 Å². The molecule has 0 spiro atoms. The maximum absolute atomic E-state index is 13.1. The van der Waals surface area contributed by atoms with Crippen LogP contribution in [-0.2, 0) is 9.59 Å². The predicted molar refractivity (Wildman–Crippen MR) is 79.1 cm³/mol. The number of nitro groups is 1. The fourth-order valence-electron chi connectivity index (χ4n) is 2.85. The molecule has 2 fully saturated rings. The Morgan fingerprint density at radius 1 is 1.30 bits per heavy atom. The van der Waals surface area contributed by atoms with E-state index in [0.29, 0.717) is 13.0 Å². The first-order valence-corrected chi connectivity index (χ1v) is 7.52. The van der Waals surface area contributed by atoms with Crippen LogP contribution in [0.1, 0.15) is 25.7 Å². The van der Waals surface area contributed by atoms with Gasteiger partial charge in [-0.1, -0.05) is 0 Å². The minimum atomic E-state index is -0.750. The van der Waals surface area contributed by atoms with E-state index in [0.717, 1.165) is 37.5 Å². The number of likely N-dealkylation sites (tertiary alicyclic amines) is 1. The zero-order valence-corrected chi connectivity index (χ0v) is 12.3. The third-order valence-corrected chi connectivity index (χ3v) is 4.18. The highest BCUT2D eigenvalue weighted by molar-refractivity contribution is 5.99. The maximum Gasteiger partial charge on any atom is 0.295 e. The minimum Gasteiger partial charge on any atom is -0.330 e. The molecule has 1 saturated carbocycles. The lowest BCUT2D eigenvalue weighted by molar-refractivity contribution is -0.384. The van der Waals surface area contributed by atoms with Crippen LogP contribution in [0.25, 0.3) is 0 Å². The normalized spacial score (nSPS) is 20.4. The first-order valence-electron chi connectivity index (χ1n) is 7.52. The Hall–Kier alpha value is -2.51. The number of nitrogens with zero attached hydrogens (tertiary/aromatic N) is 2. The van der Waals surface area contributed by atoms with Gasteiger partial charge in [0.15, 0.2) is 0 Å². The second-order valence-corrected chi connectivity index (χ2v) is 5.87. The van der Waals surface area contributed by atoms with Crippen molar-refractivity contribution in [1.29, 1.82) is 0 Å². The molecule has 0 aromatic heterocycles. The number of hydrogen-bond donors (Lipinski definition) is 1. The topological polar surface area (TPSA) is 92.5 Å². The van der Waals surface area contributed by atoms with E-state index >= 15 is 0 Å². The summed E-state index contributed by atoms with van der Waals surface area (Å²) in [6.45, 7) is 0.527.